The van der Waals surface area contributed by atoms with Crippen molar-refractivity contribution < 1.29 is 13.2 Å². The highest BCUT2D eigenvalue weighted by molar-refractivity contribution is 6.29. The van der Waals surface area contributed by atoms with Gasteiger partial charge in [-0.1, -0.05) is 11.6 Å². The van der Waals surface area contributed by atoms with E-state index >= 15 is 0 Å². The average molecular weight is 280 g/mol. The Hall–Kier alpha value is -1.04. The van der Waals surface area contributed by atoms with Crippen molar-refractivity contribution in [2.24, 2.45) is 0 Å². The van der Waals surface area contributed by atoms with Crippen LogP contribution < -0.4 is 4.90 Å². The molecule has 0 bridgehead atoms. The molecule has 1 aromatic heterocycles. The summed E-state index contributed by atoms with van der Waals surface area (Å²) in [5.74, 6) is -0.947. The molecule has 2 heterocycles. The van der Waals surface area contributed by atoms with Gasteiger partial charge < -0.3 is 4.90 Å². The molecule has 1 fully saturated rings. The topological polar surface area (TPSA) is 29.0 Å². The van der Waals surface area contributed by atoms with Gasteiger partial charge in [0.25, 0.3) is 0 Å². The predicted octanol–water partition coefficient (Wildman–Crippen LogP) is 3.53. The van der Waals surface area contributed by atoms with Crippen LogP contribution in [0.3, 0.4) is 0 Å². The zero-order chi connectivity index (χ0) is 13.6. The van der Waals surface area contributed by atoms with Crippen LogP contribution in [0.1, 0.15) is 32.5 Å². The lowest BCUT2D eigenvalue weighted by Gasteiger charge is -2.32. The molecule has 7 heteroatoms. The standard InChI is InChI=1S/C11H13ClF3N3/c1-10(2)4-3-5-18(10)8-6-7(12)16-9(17-8)11(13,14)15/h6H,3-5H2,1-2H3. The molecule has 0 radical (unpaired) electrons. The summed E-state index contributed by atoms with van der Waals surface area (Å²) in [6.07, 6.45) is -2.74. The average Bonchev–Trinajstić information content (AvgIpc) is 2.55. The van der Waals surface area contributed by atoms with Crippen LogP contribution in [-0.2, 0) is 6.18 Å². The van der Waals surface area contributed by atoms with E-state index in [1.165, 1.54) is 6.07 Å². The summed E-state index contributed by atoms with van der Waals surface area (Å²) in [6.45, 7) is 4.63. The number of anilines is 1. The fourth-order valence-corrected chi connectivity index (χ4v) is 2.38. The first-order valence-corrected chi connectivity index (χ1v) is 5.97. The quantitative estimate of drug-likeness (QED) is 0.737. The largest absolute Gasteiger partial charge is 0.451 e. The highest BCUT2D eigenvalue weighted by Crippen LogP contribution is 2.35. The van der Waals surface area contributed by atoms with Crippen LogP contribution in [0, 0.1) is 0 Å². The molecule has 0 N–H and O–H groups in total. The Labute approximate surface area is 108 Å². The number of hydrogen-bond donors (Lipinski definition) is 0. The molecule has 2 rings (SSSR count). The molecule has 0 aliphatic carbocycles. The van der Waals surface area contributed by atoms with Gasteiger partial charge in [-0.15, -0.1) is 0 Å². The van der Waals surface area contributed by atoms with E-state index in [0.717, 1.165) is 12.8 Å². The first-order valence-electron chi connectivity index (χ1n) is 5.59. The van der Waals surface area contributed by atoms with Crippen molar-refractivity contribution in [3.05, 3.63) is 17.0 Å². The van der Waals surface area contributed by atoms with Gasteiger partial charge in [-0.25, -0.2) is 9.97 Å². The molecular formula is C11H13ClF3N3. The van der Waals surface area contributed by atoms with Gasteiger partial charge in [0.2, 0.25) is 5.82 Å². The maximum Gasteiger partial charge on any atom is 0.451 e. The fourth-order valence-electron chi connectivity index (χ4n) is 2.20. The zero-order valence-corrected chi connectivity index (χ0v) is 10.8. The fraction of sp³-hybridized carbons (Fsp3) is 0.636. The molecule has 0 spiro atoms. The lowest BCUT2D eigenvalue weighted by Crippen LogP contribution is -2.39. The highest BCUT2D eigenvalue weighted by Gasteiger charge is 2.38. The lowest BCUT2D eigenvalue weighted by molar-refractivity contribution is -0.144. The van der Waals surface area contributed by atoms with Crippen LogP contribution in [0.2, 0.25) is 5.15 Å². The van der Waals surface area contributed by atoms with E-state index in [1.807, 2.05) is 18.7 Å². The number of halogens is 4. The first kappa shape index (κ1) is 13.4. The normalized spacial score (nSPS) is 19.3. The van der Waals surface area contributed by atoms with Crippen molar-refractivity contribution in [3.63, 3.8) is 0 Å². The van der Waals surface area contributed by atoms with Crippen LogP contribution in [0.5, 0.6) is 0 Å². The van der Waals surface area contributed by atoms with Crippen molar-refractivity contribution in [2.75, 3.05) is 11.4 Å². The zero-order valence-electron chi connectivity index (χ0n) is 10.1. The number of hydrogen-bond acceptors (Lipinski definition) is 3. The van der Waals surface area contributed by atoms with Gasteiger partial charge in [0, 0.05) is 18.2 Å². The summed E-state index contributed by atoms with van der Waals surface area (Å²) in [5, 5.41) is -0.185. The van der Waals surface area contributed by atoms with Gasteiger partial charge in [-0.2, -0.15) is 13.2 Å². The number of nitrogens with zero attached hydrogens (tertiary/aromatic N) is 3. The Balaban J connectivity index is 2.43. The monoisotopic (exact) mass is 279 g/mol. The Morgan fingerprint density at radius 3 is 2.50 bits per heavy atom. The van der Waals surface area contributed by atoms with E-state index in [9.17, 15) is 13.2 Å². The SMILES string of the molecule is CC1(C)CCCN1c1cc(Cl)nc(C(F)(F)F)n1. The number of aromatic nitrogens is 2. The van der Waals surface area contributed by atoms with E-state index in [4.69, 9.17) is 11.6 Å². The van der Waals surface area contributed by atoms with E-state index < -0.39 is 12.0 Å². The van der Waals surface area contributed by atoms with Crippen LogP contribution in [0.25, 0.3) is 0 Å². The van der Waals surface area contributed by atoms with Crippen molar-refractivity contribution in [1.82, 2.24) is 9.97 Å². The smallest absolute Gasteiger partial charge is 0.351 e. The molecule has 1 saturated heterocycles. The molecule has 0 atom stereocenters. The van der Waals surface area contributed by atoms with Crippen molar-refractivity contribution in [2.45, 2.75) is 38.4 Å². The molecule has 0 saturated carbocycles. The van der Waals surface area contributed by atoms with E-state index in [0.29, 0.717) is 6.54 Å². The van der Waals surface area contributed by atoms with Crippen molar-refractivity contribution in [3.8, 4) is 0 Å². The summed E-state index contributed by atoms with van der Waals surface area (Å²) in [6, 6.07) is 1.38. The highest BCUT2D eigenvalue weighted by atomic mass is 35.5. The van der Waals surface area contributed by atoms with Crippen LogP contribution in [0.4, 0.5) is 19.0 Å². The molecule has 18 heavy (non-hydrogen) atoms. The predicted molar refractivity (Wildman–Crippen MR) is 62.7 cm³/mol. The van der Waals surface area contributed by atoms with Crippen LogP contribution in [0.15, 0.2) is 6.07 Å². The molecule has 0 aromatic carbocycles. The first-order chi connectivity index (χ1) is 8.20. The summed E-state index contributed by atoms with van der Waals surface area (Å²) >= 11 is 5.65. The van der Waals surface area contributed by atoms with Crippen molar-refractivity contribution in [1.29, 1.82) is 0 Å². The summed E-state index contributed by atoms with van der Waals surface area (Å²) in [7, 11) is 0. The van der Waals surface area contributed by atoms with Gasteiger partial charge >= 0.3 is 6.18 Å². The minimum absolute atomic E-state index is 0.185. The minimum Gasteiger partial charge on any atom is -0.351 e. The van der Waals surface area contributed by atoms with Gasteiger partial charge in [0.15, 0.2) is 0 Å². The molecular weight excluding hydrogens is 267 g/mol. The van der Waals surface area contributed by atoms with Gasteiger partial charge in [0.05, 0.1) is 0 Å². The maximum absolute atomic E-state index is 12.6. The summed E-state index contributed by atoms with van der Waals surface area (Å²) in [4.78, 5) is 8.66. The Bertz CT molecular complexity index is 459. The van der Waals surface area contributed by atoms with E-state index in [2.05, 4.69) is 9.97 Å². The Kier molecular flexibility index (Phi) is 3.17. The second-order valence-electron chi connectivity index (χ2n) is 4.94. The Morgan fingerprint density at radius 1 is 1.33 bits per heavy atom. The third kappa shape index (κ3) is 2.53. The molecule has 0 amide bonds. The van der Waals surface area contributed by atoms with Crippen molar-refractivity contribution >= 4 is 17.4 Å². The van der Waals surface area contributed by atoms with Crippen LogP contribution in [-0.4, -0.2) is 22.1 Å². The minimum atomic E-state index is -4.58. The molecule has 1 aromatic rings. The molecule has 1 aliphatic heterocycles. The summed E-state index contributed by atoms with van der Waals surface area (Å²) < 4.78 is 37.9. The third-order valence-corrected chi connectivity index (χ3v) is 3.31. The molecule has 3 nitrogen and oxygen atoms in total. The molecule has 100 valence electrons. The van der Waals surface area contributed by atoms with Gasteiger partial charge in [0.1, 0.15) is 11.0 Å². The maximum atomic E-state index is 12.6. The second kappa shape index (κ2) is 4.26. The third-order valence-electron chi connectivity index (χ3n) is 3.11. The lowest BCUT2D eigenvalue weighted by atomic mass is 10.0. The Morgan fingerprint density at radius 2 is 2.00 bits per heavy atom. The van der Waals surface area contributed by atoms with Gasteiger partial charge in [-0.05, 0) is 26.7 Å². The van der Waals surface area contributed by atoms with E-state index in [1.54, 1.807) is 0 Å². The number of alkyl halides is 3. The number of rotatable bonds is 1. The van der Waals surface area contributed by atoms with Gasteiger partial charge in [-0.3, -0.25) is 0 Å². The summed E-state index contributed by atoms with van der Waals surface area (Å²) in [5.41, 5.74) is -0.208. The van der Waals surface area contributed by atoms with Crippen LogP contribution >= 0.6 is 11.6 Å². The second-order valence-corrected chi connectivity index (χ2v) is 5.33. The molecule has 1 aliphatic rings. The van der Waals surface area contributed by atoms with E-state index in [-0.39, 0.29) is 16.5 Å². The molecule has 0 unspecified atom stereocenters.